The maximum atomic E-state index is 13.6. The number of nitrogens with zero attached hydrogens (tertiary/aromatic N) is 1. The average molecular weight is 507 g/mol. The molecule has 2 aromatic rings. The number of hydrogen-bond donors (Lipinski definition) is 1. The van der Waals surface area contributed by atoms with Gasteiger partial charge in [-0.15, -0.1) is 0 Å². The van der Waals surface area contributed by atoms with Crippen LogP contribution in [0.5, 0.6) is 0 Å². The monoisotopic (exact) mass is 506 g/mol. The van der Waals surface area contributed by atoms with Crippen molar-refractivity contribution in [1.29, 1.82) is 0 Å². The van der Waals surface area contributed by atoms with Crippen LogP contribution in [0.25, 0.3) is 0 Å². The molecule has 3 rings (SSSR count). The Labute approximate surface area is 205 Å². The van der Waals surface area contributed by atoms with Crippen molar-refractivity contribution in [3.63, 3.8) is 0 Å². The van der Waals surface area contributed by atoms with Crippen LogP contribution in [-0.4, -0.2) is 33.2 Å². The molecule has 0 bridgehead atoms. The van der Waals surface area contributed by atoms with E-state index < -0.39 is 20.0 Å². The van der Waals surface area contributed by atoms with Gasteiger partial charge < -0.3 is 0 Å². The average Bonchev–Trinajstić information content (AvgIpc) is 3.29. The second-order valence-corrected chi connectivity index (χ2v) is 13.9. The van der Waals surface area contributed by atoms with E-state index in [1.54, 1.807) is 0 Å². The molecule has 0 spiro atoms. The molecule has 0 saturated heterocycles. The molecule has 0 aromatic heterocycles. The zero-order chi connectivity index (χ0) is 25.1. The van der Waals surface area contributed by atoms with Gasteiger partial charge in [-0.3, -0.25) is 0 Å². The Kier molecular flexibility index (Phi) is 8.28. The normalized spacial score (nSPS) is 16.8. The first-order chi connectivity index (χ1) is 15.8. The van der Waals surface area contributed by atoms with Crippen molar-refractivity contribution in [3.8, 4) is 0 Å². The zero-order valence-corrected chi connectivity index (χ0v) is 22.5. The molecule has 8 heteroatoms. The van der Waals surface area contributed by atoms with Crippen molar-refractivity contribution in [2.45, 2.75) is 101 Å². The molecule has 0 unspecified atom stereocenters. The van der Waals surface area contributed by atoms with Gasteiger partial charge in [-0.2, -0.15) is 4.31 Å². The van der Waals surface area contributed by atoms with Crippen LogP contribution in [-0.2, 0) is 32.0 Å². The highest BCUT2D eigenvalue weighted by Gasteiger charge is 2.30. The topological polar surface area (TPSA) is 83.6 Å². The second-order valence-electron chi connectivity index (χ2n) is 10.3. The number of sulfonamides is 2. The summed E-state index contributed by atoms with van der Waals surface area (Å²) in [5, 5.41) is 0. The van der Waals surface area contributed by atoms with E-state index in [-0.39, 0.29) is 33.8 Å². The smallest absolute Gasteiger partial charge is 0.208 e. The van der Waals surface area contributed by atoms with Crippen LogP contribution in [0, 0.1) is 0 Å². The first kappa shape index (κ1) is 26.9. The molecular formula is C26H38N2O4S2. The van der Waals surface area contributed by atoms with E-state index in [4.69, 9.17) is 0 Å². The van der Waals surface area contributed by atoms with Gasteiger partial charge in [0.15, 0.2) is 0 Å². The second kappa shape index (κ2) is 10.5. The Bertz CT molecular complexity index is 1160. The Balaban J connectivity index is 1.84. The van der Waals surface area contributed by atoms with Gasteiger partial charge >= 0.3 is 0 Å². The predicted molar refractivity (Wildman–Crippen MR) is 137 cm³/mol. The molecule has 0 heterocycles. The number of benzene rings is 2. The fourth-order valence-electron chi connectivity index (χ4n) is 4.23. The summed E-state index contributed by atoms with van der Waals surface area (Å²) in [6, 6.07) is 13.4. The van der Waals surface area contributed by atoms with E-state index in [0.29, 0.717) is 6.42 Å². The SMILES string of the molecule is CC[C@@H](C)N(Cc1ccc(C(C)(C)C)cc1)S(=O)(=O)c1ccc(S(=O)(=O)NC2CCCC2)cc1. The molecule has 2 aromatic carbocycles. The standard InChI is InChI=1S/C26H38N2O4S2/c1-6-20(2)28(19-21-11-13-22(14-12-21)26(3,4)5)34(31,32)25-17-15-24(16-18-25)33(29,30)27-23-9-7-8-10-23/h11-18,20,23,27H,6-10,19H2,1-5H3/t20-/m1/s1. The first-order valence-electron chi connectivity index (χ1n) is 12.1. The third kappa shape index (κ3) is 6.27. The summed E-state index contributed by atoms with van der Waals surface area (Å²) in [6.07, 6.45) is 4.39. The highest BCUT2D eigenvalue weighted by Crippen LogP contribution is 2.27. The van der Waals surface area contributed by atoms with E-state index in [9.17, 15) is 16.8 Å². The number of rotatable bonds is 9. The van der Waals surface area contributed by atoms with Crippen molar-refractivity contribution in [3.05, 3.63) is 59.7 Å². The van der Waals surface area contributed by atoms with Gasteiger partial charge in [-0.1, -0.05) is 64.8 Å². The largest absolute Gasteiger partial charge is 0.243 e. The highest BCUT2D eigenvalue weighted by molar-refractivity contribution is 7.89. The van der Waals surface area contributed by atoms with E-state index in [1.807, 2.05) is 38.1 Å². The lowest BCUT2D eigenvalue weighted by molar-refractivity contribution is 0.323. The Morgan fingerprint density at radius 3 is 1.94 bits per heavy atom. The Morgan fingerprint density at radius 1 is 0.912 bits per heavy atom. The number of hydrogen-bond acceptors (Lipinski definition) is 4. The minimum Gasteiger partial charge on any atom is -0.208 e. The fourth-order valence-corrected chi connectivity index (χ4v) is 7.23. The molecule has 0 aliphatic heterocycles. The van der Waals surface area contributed by atoms with Gasteiger partial charge in [-0.05, 0) is 67.0 Å². The molecule has 1 aliphatic carbocycles. The van der Waals surface area contributed by atoms with Crippen LogP contribution in [0.1, 0.15) is 77.8 Å². The molecule has 1 N–H and O–H groups in total. The lowest BCUT2D eigenvalue weighted by atomic mass is 9.87. The molecule has 0 radical (unpaired) electrons. The van der Waals surface area contributed by atoms with Crippen LogP contribution in [0.15, 0.2) is 58.3 Å². The molecule has 188 valence electrons. The molecule has 1 atom stereocenters. The Morgan fingerprint density at radius 2 is 1.44 bits per heavy atom. The molecule has 1 aliphatic rings. The summed E-state index contributed by atoms with van der Waals surface area (Å²) in [6.45, 7) is 10.5. The van der Waals surface area contributed by atoms with E-state index in [1.165, 1.54) is 34.1 Å². The fraction of sp³-hybridized carbons (Fsp3) is 0.538. The van der Waals surface area contributed by atoms with Gasteiger partial charge in [0.05, 0.1) is 9.79 Å². The van der Waals surface area contributed by atoms with Crippen LogP contribution in [0.3, 0.4) is 0 Å². The number of nitrogens with one attached hydrogen (secondary N) is 1. The van der Waals surface area contributed by atoms with Crippen molar-refractivity contribution in [1.82, 2.24) is 9.03 Å². The van der Waals surface area contributed by atoms with Gasteiger partial charge in [0.2, 0.25) is 20.0 Å². The highest BCUT2D eigenvalue weighted by atomic mass is 32.2. The summed E-state index contributed by atoms with van der Waals surface area (Å²) < 4.78 is 56.8. The van der Waals surface area contributed by atoms with Crippen molar-refractivity contribution < 1.29 is 16.8 Å². The molecular weight excluding hydrogens is 468 g/mol. The molecule has 0 amide bonds. The summed E-state index contributed by atoms with van der Waals surface area (Å²) >= 11 is 0. The predicted octanol–water partition coefficient (Wildman–Crippen LogP) is 5.19. The summed E-state index contributed by atoms with van der Waals surface area (Å²) in [5.41, 5.74) is 2.13. The molecule has 34 heavy (non-hydrogen) atoms. The van der Waals surface area contributed by atoms with Gasteiger partial charge in [0, 0.05) is 18.6 Å². The summed E-state index contributed by atoms with van der Waals surface area (Å²) in [5.74, 6) is 0. The van der Waals surface area contributed by atoms with E-state index >= 15 is 0 Å². The third-order valence-corrected chi connectivity index (χ3v) is 10.2. The first-order valence-corrected chi connectivity index (χ1v) is 15.0. The van der Waals surface area contributed by atoms with Crippen LogP contribution in [0.2, 0.25) is 0 Å². The Hall–Kier alpha value is -1.74. The zero-order valence-electron chi connectivity index (χ0n) is 20.9. The summed E-state index contributed by atoms with van der Waals surface area (Å²) in [4.78, 5) is 0.185. The lowest BCUT2D eigenvalue weighted by Gasteiger charge is -2.28. The van der Waals surface area contributed by atoms with Crippen LogP contribution in [0.4, 0.5) is 0 Å². The summed E-state index contributed by atoms with van der Waals surface area (Å²) in [7, 11) is -7.49. The van der Waals surface area contributed by atoms with E-state index in [0.717, 1.165) is 31.2 Å². The van der Waals surface area contributed by atoms with Gasteiger partial charge in [0.25, 0.3) is 0 Å². The maximum Gasteiger partial charge on any atom is 0.243 e. The van der Waals surface area contributed by atoms with Crippen LogP contribution >= 0.6 is 0 Å². The maximum absolute atomic E-state index is 13.6. The van der Waals surface area contributed by atoms with Gasteiger partial charge in [-0.25, -0.2) is 21.6 Å². The molecule has 1 saturated carbocycles. The van der Waals surface area contributed by atoms with Gasteiger partial charge in [0.1, 0.15) is 0 Å². The quantitative estimate of drug-likeness (QED) is 0.507. The minimum absolute atomic E-state index is 0.0235. The van der Waals surface area contributed by atoms with Crippen molar-refractivity contribution >= 4 is 20.0 Å². The lowest BCUT2D eigenvalue weighted by Crippen LogP contribution is -2.37. The van der Waals surface area contributed by atoms with Crippen molar-refractivity contribution in [2.75, 3.05) is 0 Å². The van der Waals surface area contributed by atoms with Crippen molar-refractivity contribution in [2.24, 2.45) is 0 Å². The molecule has 1 fully saturated rings. The van der Waals surface area contributed by atoms with E-state index in [2.05, 4.69) is 25.5 Å². The van der Waals surface area contributed by atoms with Crippen LogP contribution < -0.4 is 4.72 Å². The third-order valence-electron chi connectivity index (χ3n) is 6.66. The minimum atomic E-state index is -3.82. The molecule has 6 nitrogen and oxygen atoms in total.